The first-order valence-electron chi connectivity index (χ1n) is 11.4. The summed E-state index contributed by atoms with van der Waals surface area (Å²) in [6.45, 7) is 6.80. The molecule has 0 saturated heterocycles. The third-order valence-corrected chi connectivity index (χ3v) is 4.82. The fourth-order valence-electron chi connectivity index (χ4n) is 3.06. The lowest BCUT2D eigenvalue weighted by molar-refractivity contribution is -0.149. The third kappa shape index (κ3) is 19.5. The van der Waals surface area contributed by atoms with Gasteiger partial charge in [-0.25, -0.2) is 0 Å². The van der Waals surface area contributed by atoms with Gasteiger partial charge in [0.25, 0.3) is 0 Å². The number of rotatable bonds is 19. The van der Waals surface area contributed by atoms with Gasteiger partial charge in [-0.05, 0) is 26.2 Å². The van der Waals surface area contributed by atoms with Crippen LogP contribution >= 0.6 is 0 Å². The lowest BCUT2D eigenvalue weighted by atomic mass is 10.1. The molecule has 1 atom stereocenters. The Balaban J connectivity index is 3.38. The fourth-order valence-corrected chi connectivity index (χ4v) is 3.06. The maximum atomic E-state index is 11.7. The van der Waals surface area contributed by atoms with Crippen LogP contribution in [-0.4, -0.2) is 24.6 Å². The Morgan fingerprint density at radius 3 is 1.78 bits per heavy atom. The zero-order chi connectivity index (χ0) is 20.2. The van der Waals surface area contributed by atoms with E-state index in [2.05, 4.69) is 13.8 Å². The molecule has 0 amide bonds. The highest BCUT2D eigenvalue weighted by Gasteiger charge is 2.10. The molecule has 0 N–H and O–H groups in total. The van der Waals surface area contributed by atoms with Crippen molar-refractivity contribution in [3.63, 3.8) is 0 Å². The molecule has 0 saturated carbocycles. The molecule has 0 aliphatic heterocycles. The van der Waals surface area contributed by atoms with Gasteiger partial charge in [0.2, 0.25) is 0 Å². The smallest absolute Gasteiger partial charge is 0.306 e. The van der Waals surface area contributed by atoms with Crippen molar-refractivity contribution in [2.45, 2.75) is 130 Å². The third-order valence-electron chi connectivity index (χ3n) is 4.82. The summed E-state index contributed by atoms with van der Waals surface area (Å²) in [5.74, 6) is -0.404. The van der Waals surface area contributed by atoms with Crippen molar-refractivity contribution in [3.05, 3.63) is 0 Å². The monoisotopic (exact) mass is 384 g/mol. The minimum absolute atomic E-state index is 0.0271. The second-order valence-corrected chi connectivity index (χ2v) is 7.70. The largest absolute Gasteiger partial charge is 0.466 e. The quantitative estimate of drug-likeness (QED) is 0.183. The van der Waals surface area contributed by atoms with E-state index >= 15 is 0 Å². The minimum atomic E-state index is -0.207. The van der Waals surface area contributed by atoms with Crippen LogP contribution in [-0.2, 0) is 19.1 Å². The van der Waals surface area contributed by atoms with Crippen molar-refractivity contribution in [2.75, 3.05) is 6.61 Å². The number of hydrogen-bond donors (Lipinski definition) is 0. The molecule has 0 aromatic carbocycles. The average molecular weight is 385 g/mol. The summed E-state index contributed by atoms with van der Waals surface area (Å²) in [5.41, 5.74) is 0. The Bertz CT molecular complexity index is 354. The summed E-state index contributed by atoms with van der Waals surface area (Å²) in [6, 6.07) is 0. The van der Waals surface area contributed by atoms with E-state index < -0.39 is 0 Å². The molecule has 4 heteroatoms. The molecule has 27 heavy (non-hydrogen) atoms. The fraction of sp³-hybridized carbons (Fsp3) is 0.913. The molecule has 0 bridgehead atoms. The summed E-state index contributed by atoms with van der Waals surface area (Å²) in [5, 5.41) is 0. The van der Waals surface area contributed by atoms with Crippen LogP contribution in [0.2, 0.25) is 0 Å². The van der Waals surface area contributed by atoms with Crippen LogP contribution in [0.5, 0.6) is 0 Å². The molecule has 0 heterocycles. The van der Waals surface area contributed by atoms with Crippen LogP contribution in [0.4, 0.5) is 0 Å². The van der Waals surface area contributed by atoms with Crippen molar-refractivity contribution < 1.29 is 19.1 Å². The molecular formula is C23H44O4. The van der Waals surface area contributed by atoms with Gasteiger partial charge in [-0.2, -0.15) is 0 Å². The second-order valence-electron chi connectivity index (χ2n) is 7.70. The molecule has 4 nitrogen and oxygen atoms in total. The van der Waals surface area contributed by atoms with E-state index in [9.17, 15) is 9.59 Å². The highest BCUT2D eigenvalue weighted by atomic mass is 16.5. The van der Waals surface area contributed by atoms with Gasteiger partial charge in [0.15, 0.2) is 0 Å². The predicted molar refractivity (Wildman–Crippen MR) is 112 cm³/mol. The van der Waals surface area contributed by atoms with Crippen LogP contribution in [0, 0.1) is 0 Å². The molecule has 0 aliphatic rings. The van der Waals surface area contributed by atoms with Crippen LogP contribution in [0.25, 0.3) is 0 Å². The Morgan fingerprint density at radius 1 is 0.667 bits per heavy atom. The van der Waals surface area contributed by atoms with Crippen molar-refractivity contribution in [2.24, 2.45) is 0 Å². The lowest BCUT2D eigenvalue weighted by Crippen LogP contribution is -2.15. The van der Waals surface area contributed by atoms with Crippen molar-refractivity contribution in [1.29, 1.82) is 0 Å². The molecule has 0 rings (SSSR count). The summed E-state index contributed by atoms with van der Waals surface area (Å²) in [4.78, 5) is 23.4. The standard InChI is InChI=1S/C23H44O4/c1-4-6-8-9-10-11-12-13-14-15-20-26-22(24)18-16-19-23(25)27-21(3)17-7-5-2/h21H,4-20H2,1-3H3. The molecule has 0 radical (unpaired) electrons. The number of esters is 2. The SMILES string of the molecule is CCCCCCCCCCCCOC(=O)CCCC(=O)OC(C)CCCC. The van der Waals surface area contributed by atoms with Gasteiger partial charge in [0.1, 0.15) is 0 Å². The Labute approximate surface area is 167 Å². The first-order chi connectivity index (χ1) is 13.1. The van der Waals surface area contributed by atoms with Gasteiger partial charge < -0.3 is 9.47 Å². The summed E-state index contributed by atoms with van der Waals surface area (Å²) < 4.78 is 10.6. The van der Waals surface area contributed by atoms with Gasteiger partial charge in [0, 0.05) is 12.8 Å². The normalized spacial score (nSPS) is 12.0. The van der Waals surface area contributed by atoms with Gasteiger partial charge >= 0.3 is 11.9 Å². The highest BCUT2D eigenvalue weighted by Crippen LogP contribution is 2.11. The summed E-state index contributed by atoms with van der Waals surface area (Å²) in [6.07, 6.45) is 16.9. The lowest BCUT2D eigenvalue weighted by Gasteiger charge is -2.12. The van der Waals surface area contributed by atoms with E-state index in [4.69, 9.17) is 9.47 Å². The van der Waals surface area contributed by atoms with Crippen molar-refractivity contribution in [1.82, 2.24) is 0 Å². The molecule has 0 aromatic rings. The van der Waals surface area contributed by atoms with E-state index in [1.165, 1.54) is 51.4 Å². The first kappa shape index (κ1) is 25.9. The van der Waals surface area contributed by atoms with Gasteiger partial charge in [0.05, 0.1) is 12.7 Å². The van der Waals surface area contributed by atoms with Crippen LogP contribution in [0.3, 0.4) is 0 Å². The number of unbranched alkanes of at least 4 members (excludes halogenated alkanes) is 10. The minimum Gasteiger partial charge on any atom is -0.466 e. The van der Waals surface area contributed by atoms with Gasteiger partial charge in [-0.15, -0.1) is 0 Å². The molecule has 0 aromatic heterocycles. The van der Waals surface area contributed by atoms with Gasteiger partial charge in [-0.1, -0.05) is 84.5 Å². The molecular weight excluding hydrogens is 340 g/mol. The van der Waals surface area contributed by atoms with E-state index in [1.807, 2.05) is 6.92 Å². The Morgan fingerprint density at radius 2 is 1.19 bits per heavy atom. The predicted octanol–water partition coefficient (Wildman–Crippen LogP) is 6.74. The number of ether oxygens (including phenoxy) is 2. The zero-order valence-corrected chi connectivity index (χ0v) is 18.2. The topological polar surface area (TPSA) is 52.6 Å². The van der Waals surface area contributed by atoms with Crippen molar-refractivity contribution in [3.8, 4) is 0 Å². The first-order valence-corrected chi connectivity index (χ1v) is 11.4. The zero-order valence-electron chi connectivity index (χ0n) is 18.2. The van der Waals surface area contributed by atoms with E-state index in [0.29, 0.717) is 25.9 Å². The number of carbonyl (C=O) groups is 2. The van der Waals surface area contributed by atoms with E-state index in [0.717, 1.165) is 32.1 Å². The number of carbonyl (C=O) groups excluding carboxylic acids is 2. The van der Waals surface area contributed by atoms with Crippen molar-refractivity contribution >= 4 is 11.9 Å². The molecule has 0 spiro atoms. The Hall–Kier alpha value is -1.06. The Kier molecular flexibility index (Phi) is 18.9. The maximum Gasteiger partial charge on any atom is 0.306 e. The maximum absolute atomic E-state index is 11.7. The van der Waals surface area contributed by atoms with Crippen LogP contribution < -0.4 is 0 Å². The molecule has 1 unspecified atom stereocenters. The van der Waals surface area contributed by atoms with Crippen LogP contribution in [0.15, 0.2) is 0 Å². The van der Waals surface area contributed by atoms with Gasteiger partial charge in [-0.3, -0.25) is 9.59 Å². The molecule has 0 fully saturated rings. The average Bonchev–Trinajstić information content (AvgIpc) is 2.64. The molecule has 0 aliphatic carbocycles. The molecule has 160 valence electrons. The van der Waals surface area contributed by atoms with E-state index in [1.54, 1.807) is 0 Å². The van der Waals surface area contributed by atoms with Crippen LogP contribution in [0.1, 0.15) is 124 Å². The number of hydrogen-bond acceptors (Lipinski definition) is 4. The second kappa shape index (κ2) is 19.7. The highest BCUT2D eigenvalue weighted by molar-refractivity contribution is 5.72. The summed E-state index contributed by atoms with van der Waals surface area (Å²) in [7, 11) is 0. The summed E-state index contributed by atoms with van der Waals surface area (Å²) >= 11 is 0. The van der Waals surface area contributed by atoms with E-state index in [-0.39, 0.29) is 18.0 Å².